The van der Waals surface area contributed by atoms with Crippen molar-refractivity contribution in [2.45, 2.75) is 88.1 Å². The van der Waals surface area contributed by atoms with Gasteiger partial charge in [-0.25, -0.2) is 4.79 Å². The zero-order valence-electron chi connectivity index (χ0n) is 20.0. The Bertz CT molecular complexity index is 956. The van der Waals surface area contributed by atoms with Crippen LogP contribution in [-0.4, -0.2) is 77.0 Å². The monoisotopic (exact) mass is 519 g/mol. The van der Waals surface area contributed by atoms with Crippen LogP contribution in [0.15, 0.2) is 18.2 Å². The summed E-state index contributed by atoms with van der Waals surface area (Å²) in [7, 11) is 0. The van der Waals surface area contributed by atoms with Crippen LogP contribution < -0.4 is 0 Å². The Morgan fingerprint density at radius 3 is 2.33 bits per heavy atom. The van der Waals surface area contributed by atoms with Gasteiger partial charge in [0.1, 0.15) is 0 Å². The minimum absolute atomic E-state index is 0.0696. The SMILES string of the molecule is O=C(OC(C(F)(F)F)C(F)(F)F)N1CCC2(CCCN2Cc2cccc3c2CN(C2CC2)CC3)CC1. The fraction of sp³-hybridized carbons (Fsp3) is 0.720. The summed E-state index contributed by atoms with van der Waals surface area (Å²) in [6.07, 6.45) is -10.7. The first-order valence-corrected chi connectivity index (χ1v) is 12.6. The van der Waals surface area contributed by atoms with Crippen molar-refractivity contribution in [3.05, 3.63) is 34.9 Å². The minimum Gasteiger partial charge on any atom is -0.426 e. The van der Waals surface area contributed by atoms with Crippen LogP contribution in [0.3, 0.4) is 0 Å². The molecule has 0 atom stereocenters. The van der Waals surface area contributed by atoms with Crippen LogP contribution in [0.25, 0.3) is 0 Å². The Hall–Kier alpha value is -2.01. The van der Waals surface area contributed by atoms with Crippen LogP contribution in [0.2, 0.25) is 0 Å². The van der Waals surface area contributed by atoms with E-state index in [0.29, 0.717) is 18.9 Å². The van der Waals surface area contributed by atoms with Crippen molar-refractivity contribution in [2.75, 3.05) is 26.2 Å². The van der Waals surface area contributed by atoms with Crippen LogP contribution in [0.5, 0.6) is 0 Å². The molecule has 36 heavy (non-hydrogen) atoms. The summed E-state index contributed by atoms with van der Waals surface area (Å²) in [6, 6.07) is 7.16. The summed E-state index contributed by atoms with van der Waals surface area (Å²) >= 11 is 0. The predicted molar refractivity (Wildman–Crippen MR) is 119 cm³/mol. The predicted octanol–water partition coefficient (Wildman–Crippen LogP) is 5.27. The molecule has 3 heterocycles. The summed E-state index contributed by atoms with van der Waals surface area (Å²) in [5.74, 6) is 0. The van der Waals surface area contributed by atoms with Crippen molar-refractivity contribution in [2.24, 2.45) is 0 Å². The van der Waals surface area contributed by atoms with E-state index in [-0.39, 0.29) is 18.6 Å². The molecule has 3 aliphatic heterocycles. The highest BCUT2D eigenvalue weighted by atomic mass is 19.4. The lowest BCUT2D eigenvalue weighted by Gasteiger charge is -2.45. The van der Waals surface area contributed by atoms with E-state index in [9.17, 15) is 31.1 Å². The maximum atomic E-state index is 12.8. The number of nitrogens with zero attached hydrogens (tertiary/aromatic N) is 3. The molecule has 5 rings (SSSR count). The summed E-state index contributed by atoms with van der Waals surface area (Å²) in [5, 5.41) is 0. The Labute approximate surface area is 206 Å². The van der Waals surface area contributed by atoms with Crippen LogP contribution >= 0.6 is 0 Å². The highest BCUT2D eigenvalue weighted by Crippen LogP contribution is 2.41. The van der Waals surface area contributed by atoms with Crippen molar-refractivity contribution >= 4 is 6.09 Å². The summed E-state index contributed by atoms with van der Waals surface area (Å²) in [6.45, 7) is 3.82. The van der Waals surface area contributed by atoms with Gasteiger partial charge in [-0.3, -0.25) is 9.80 Å². The van der Waals surface area contributed by atoms with Gasteiger partial charge in [-0.2, -0.15) is 26.3 Å². The first kappa shape index (κ1) is 25.6. The number of amides is 1. The van der Waals surface area contributed by atoms with Crippen molar-refractivity contribution in [1.82, 2.24) is 14.7 Å². The molecular formula is C25H31F6N3O2. The van der Waals surface area contributed by atoms with Crippen LogP contribution in [0.1, 0.15) is 55.2 Å². The summed E-state index contributed by atoms with van der Waals surface area (Å²) in [5.41, 5.74) is 3.86. The third-order valence-corrected chi connectivity index (χ3v) is 8.33. The molecule has 0 aromatic heterocycles. The second-order valence-corrected chi connectivity index (χ2v) is 10.6. The highest BCUT2D eigenvalue weighted by Gasteiger charge is 2.60. The number of benzene rings is 1. The summed E-state index contributed by atoms with van der Waals surface area (Å²) in [4.78, 5) is 18.2. The zero-order valence-corrected chi connectivity index (χ0v) is 20.0. The number of fused-ring (bicyclic) bond motifs is 1. The van der Waals surface area contributed by atoms with E-state index in [0.717, 1.165) is 50.3 Å². The molecule has 2 saturated heterocycles. The fourth-order valence-electron chi connectivity index (χ4n) is 6.18. The highest BCUT2D eigenvalue weighted by molar-refractivity contribution is 5.68. The third-order valence-electron chi connectivity index (χ3n) is 8.33. The largest absolute Gasteiger partial charge is 0.434 e. The Balaban J connectivity index is 1.24. The van der Waals surface area contributed by atoms with Gasteiger partial charge < -0.3 is 9.64 Å². The second kappa shape index (κ2) is 9.38. The zero-order chi connectivity index (χ0) is 25.7. The van der Waals surface area contributed by atoms with E-state index in [1.165, 1.54) is 29.5 Å². The number of piperidine rings is 1. The molecule has 1 saturated carbocycles. The van der Waals surface area contributed by atoms with Crippen LogP contribution in [0.4, 0.5) is 31.1 Å². The molecule has 4 aliphatic rings. The normalized spacial score (nSPS) is 23.4. The van der Waals surface area contributed by atoms with Crippen molar-refractivity contribution in [3.8, 4) is 0 Å². The molecule has 0 unspecified atom stereocenters. The van der Waals surface area contributed by atoms with Gasteiger partial charge in [0.25, 0.3) is 6.10 Å². The Morgan fingerprint density at radius 1 is 1.00 bits per heavy atom. The molecule has 0 bridgehead atoms. The number of hydrogen-bond donors (Lipinski definition) is 0. The maximum absolute atomic E-state index is 12.8. The molecule has 1 aromatic rings. The van der Waals surface area contributed by atoms with Gasteiger partial charge in [0.05, 0.1) is 0 Å². The molecule has 1 aliphatic carbocycles. The quantitative estimate of drug-likeness (QED) is 0.508. The van der Waals surface area contributed by atoms with Gasteiger partial charge in [-0.05, 0) is 68.2 Å². The molecule has 200 valence electrons. The van der Waals surface area contributed by atoms with Crippen molar-refractivity contribution in [3.63, 3.8) is 0 Å². The van der Waals surface area contributed by atoms with Gasteiger partial charge in [-0.15, -0.1) is 0 Å². The lowest BCUT2D eigenvalue weighted by molar-refractivity contribution is -0.308. The number of hydrogen-bond acceptors (Lipinski definition) is 4. The fourth-order valence-corrected chi connectivity index (χ4v) is 6.18. The topological polar surface area (TPSA) is 36.0 Å². The lowest BCUT2D eigenvalue weighted by atomic mass is 9.84. The molecule has 5 nitrogen and oxygen atoms in total. The van der Waals surface area contributed by atoms with Gasteiger partial charge >= 0.3 is 18.4 Å². The van der Waals surface area contributed by atoms with E-state index < -0.39 is 24.5 Å². The molecule has 1 spiro atoms. The van der Waals surface area contributed by atoms with E-state index in [2.05, 4.69) is 32.7 Å². The number of rotatable bonds is 4. The standard InChI is InChI=1S/C25H31F6N3O2/c26-24(27,28)21(25(29,30)31)36-22(35)32-13-9-23(10-14-32)8-2-11-34(23)15-18-4-1-3-17-7-12-33(16-20(17)18)19-5-6-19/h1,3-4,19,21H,2,5-16H2. The first-order valence-electron chi connectivity index (χ1n) is 12.6. The molecule has 1 amide bonds. The van der Waals surface area contributed by atoms with Crippen molar-refractivity contribution < 1.29 is 35.9 Å². The molecule has 3 fully saturated rings. The Kier molecular flexibility index (Phi) is 6.68. The molecule has 0 N–H and O–H groups in total. The van der Waals surface area contributed by atoms with E-state index in [1.807, 2.05) is 0 Å². The minimum atomic E-state index is -5.71. The first-order chi connectivity index (χ1) is 17.0. The average molecular weight is 520 g/mol. The van der Waals surface area contributed by atoms with Crippen LogP contribution in [-0.2, 0) is 24.2 Å². The third kappa shape index (κ3) is 5.18. The molecule has 11 heteroatoms. The van der Waals surface area contributed by atoms with E-state index in [4.69, 9.17) is 0 Å². The number of carbonyl (C=O) groups is 1. The van der Waals surface area contributed by atoms with Crippen LogP contribution in [0, 0.1) is 0 Å². The molecular weight excluding hydrogens is 488 g/mol. The Morgan fingerprint density at radius 2 is 1.69 bits per heavy atom. The number of alkyl halides is 6. The molecule has 1 aromatic carbocycles. The number of ether oxygens (including phenoxy) is 1. The average Bonchev–Trinajstić information content (AvgIpc) is 3.60. The number of carbonyl (C=O) groups excluding carboxylic acids is 1. The van der Waals surface area contributed by atoms with E-state index in [1.54, 1.807) is 0 Å². The van der Waals surface area contributed by atoms with Gasteiger partial charge in [0, 0.05) is 44.3 Å². The maximum Gasteiger partial charge on any atom is 0.434 e. The molecule has 0 radical (unpaired) electrons. The van der Waals surface area contributed by atoms with Gasteiger partial charge in [-0.1, -0.05) is 18.2 Å². The summed E-state index contributed by atoms with van der Waals surface area (Å²) < 4.78 is 80.8. The van der Waals surface area contributed by atoms with Gasteiger partial charge in [0.15, 0.2) is 0 Å². The smallest absolute Gasteiger partial charge is 0.426 e. The lowest BCUT2D eigenvalue weighted by Crippen LogP contribution is -2.54. The number of halogens is 6. The second-order valence-electron chi connectivity index (χ2n) is 10.6. The number of likely N-dealkylation sites (tertiary alicyclic amines) is 2. The van der Waals surface area contributed by atoms with Crippen molar-refractivity contribution in [1.29, 1.82) is 0 Å². The van der Waals surface area contributed by atoms with E-state index >= 15 is 0 Å². The van der Waals surface area contributed by atoms with Gasteiger partial charge in [0.2, 0.25) is 0 Å².